The number of hydrogen-bond acceptors (Lipinski definition) is 2. The molecule has 1 aromatic carbocycles. The second kappa shape index (κ2) is 5.84. The Hall–Kier alpha value is -2.10. The van der Waals surface area contributed by atoms with Crippen molar-refractivity contribution in [2.45, 2.75) is 57.4 Å². The predicted octanol–water partition coefficient (Wildman–Crippen LogP) is 4.03. The molecule has 2 heterocycles. The zero-order valence-corrected chi connectivity index (χ0v) is 13.6. The summed E-state index contributed by atoms with van der Waals surface area (Å²) in [6.45, 7) is 2.16. The van der Waals surface area contributed by atoms with E-state index in [0.29, 0.717) is 12.5 Å². The molecule has 2 aromatic rings. The fourth-order valence-electron chi connectivity index (χ4n) is 3.95. The second-order valence-electron chi connectivity index (χ2n) is 6.73. The van der Waals surface area contributed by atoms with Crippen LogP contribution in [0, 0.1) is 0 Å². The van der Waals surface area contributed by atoms with Crippen molar-refractivity contribution in [3.63, 3.8) is 0 Å². The van der Waals surface area contributed by atoms with Gasteiger partial charge in [0.2, 0.25) is 5.91 Å². The van der Waals surface area contributed by atoms with Crippen molar-refractivity contribution in [1.82, 2.24) is 9.78 Å². The number of carbonyl (C=O) groups is 1. The molecule has 1 amide bonds. The van der Waals surface area contributed by atoms with Crippen LogP contribution in [0.3, 0.4) is 0 Å². The largest absolute Gasteiger partial charge is 0.311 e. The summed E-state index contributed by atoms with van der Waals surface area (Å²) < 4.78 is 2.06. The Morgan fingerprint density at radius 2 is 1.96 bits per heavy atom. The van der Waals surface area contributed by atoms with E-state index in [1.807, 2.05) is 6.20 Å². The van der Waals surface area contributed by atoms with E-state index in [9.17, 15) is 4.79 Å². The third-order valence-corrected chi connectivity index (χ3v) is 5.31. The predicted molar refractivity (Wildman–Crippen MR) is 90.6 cm³/mol. The van der Waals surface area contributed by atoms with Crippen LogP contribution >= 0.6 is 0 Å². The number of aryl methyl sites for hydroxylation is 1. The van der Waals surface area contributed by atoms with Crippen molar-refractivity contribution in [3.8, 4) is 0 Å². The van der Waals surface area contributed by atoms with E-state index in [1.165, 1.54) is 42.4 Å². The number of nitrogens with one attached hydrogen (secondary N) is 1. The molecule has 1 N–H and O–H groups in total. The average molecular weight is 309 g/mol. The van der Waals surface area contributed by atoms with Gasteiger partial charge in [0.25, 0.3) is 0 Å². The smallest absolute Gasteiger partial charge is 0.226 e. The Morgan fingerprint density at radius 3 is 2.65 bits per heavy atom. The van der Waals surface area contributed by atoms with Crippen molar-refractivity contribution in [2.75, 3.05) is 5.32 Å². The minimum absolute atomic E-state index is 0.0989. The Labute approximate surface area is 136 Å². The molecule has 1 unspecified atom stereocenters. The lowest BCUT2D eigenvalue weighted by atomic mass is 9.87. The van der Waals surface area contributed by atoms with Gasteiger partial charge in [-0.05, 0) is 30.4 Å². The van der Waals surface area contributed by atoms with E-state index in [4.69, 9.17) is 0 Å². The molecule has 1 aromatic heterocycles. The fraction of sp³-hybridized carbons (Fsp3) is 0.474. The summed E-state index contributed by atoms with van der Waals surface area (Å²) >= 11 is 0. The van der Waals surface area contributed by atoms with Gasteiger partial charge in [0.1, 0.15) is 5.82 Å². The van der Waals surface area contributed by atoms with E-state index >= 15 is 0 Å². The number of nitrogens with zero attached hydrogens (tertiary/aromatic N) is 2. The van der Waals surface area contributed by atoms with Gasteiger partial charge in [-0.2, -0.15) is 5.10 Å². The lowest BCUT2D eigenvalue weighted by Crippen LogP contribution is -2.25. The van der Waals surface area contributed by atoms with E-state index < -0.39 is 0 Å². The monoisotopic (exact) mass is 309 g/mol. The highest BCUT2D eigenvalue weighted by atomic mass is 16.1. The van der Waals surface area contributed by atoms with Crippen LogP contribution in [-0.2, 0) is 11.2 Å². The van der Waals surface area contributed by atoms with Crippen LogP contribution < -0.4 is 5.32 Å². The molecule has 23 heavy (non-hydrogen) atoms. The van der Waals surface area contributed by atoms with Gasteiger partial charge in [-0.3, -0.25) is 4.79 Å². The standard InChI is InChI=1S/C19H23N3O/c1-2-13-7-9-14(10-8-13)16-11-18(23)21-19-17(16)12-20-22(19)15-5-3-4-6-15/h7-10,12,15-16H,2-6,11H2,1H3,(H,21,23). The van der Waals surface area contributed by atoms with E-state index in [2.05, 4.69) is 46.3 Å². The van der Waals surface area contributed by atoms with Crippen LogP contribution in [-0.4, -0.2) is 15.7 Å². The molecule has 4 rings (SSSR count). The van der Waals surface area contributed by atoms with Crippen molar-refractivity contribution in [2.24, 2.45) is 0 Å². The molecule has 0 saturated heterocycles. The van der Waals surface area contributed by atoms with Crippen molar-refractivity contribution >= 4 is 11.7 Å². The van der Waals surface area contributed by atoms with Crippen molar-refractivity contribution in [3.05, 3.63) is 47.2 Å². The number of amides is 1. The molecule has 120 valence electrons. The molecule has 4 heteroatoms. The maximum absolute atomic E-state index is 12.2. The van der Waals surface area contributed by atoms with Gasteiger partial charge in [-0.25, -0.2) is 4.68 Å². The van der Waals surface area contributed by atoms with Crippen molar-refractivity contribution < 1.29 is 4.79 Å². The summed E-state index contributed by atoms with van der Waals surface area (Å²) in [5.41, 5.74) is 3.71. The Bertz CT molecular complexity index is 711. The summed E-state index contributed by atoms with van der Waals surface area (Å²) in [5.74, 6) is 1.15. The third-order valence-electron chi connectivity index (χ3n) is 5.31. The molecule has 0 radical (unpaired) electrons. The third kappa shape index (κ3) is 2.56. The summed E-state index contributed by atoms with van der Waals surface area (Å²) in [4.78, 5) is 12.2. The highest BCUT2D eigenvalue weighted by Gasteiger charge is 2.32. The molecule has 0 spiro atoms. The van der Waals surface area contributed by atoms with Gasteiger partial charge in [0.05, 0.1) is 12.2 Å². The highest BCUT2D eigenvalue weighted by molar-refractivity contribution is 5.94. The van der Waals surface area contributed by atoms with E-state index in [0.717, 1.165) is 12.2 Å². The van der Waals surface area contributed by atoms with Gasteiger partial charge in [0, 0.05) is 17.9 Å². The summed E-state index contributed by atoms with van der Waals surface area (Å²) in [6, 6.07) is 9.11. The van der Waals surface area contributed by atoms with Gasteiger partial charge in [0.15, 0.2) is 0 Å². The first kappa shape index (κ1) is 14.5. The van der Waals surface area contributed by atoms with Crippen LogP contribution in [0.2, 0.25) is 0 Å². The molecular formula is C19H23N3O. The quantitative estimate of drug-likeness (QED) is 0.930. The Kier molecular flexibility index (Phi) is 3.68. The molecule has 1 aliphatic heterocycles. The first-order chi connectivity index (χ1) is 11.3. The van der Waals surface area contributed by atoms with Crippen molar-refractivity contribution in [1.29, 1.82) is 0 Å². The molecule has 1 aliphatic carbocycles. The number of benzene rings is 1. The maximum atomic E-state index is 12.2. The van der Waals surface area contributed by atoms with Gasteiger partial charge in [-0.15, -0.1) is 0 Å². The van der Waals surface area contributed by atoms with E-state index in [-0.39, 0.29) is 11.8 Å². The number of anilines is 1. The SMILES string of the molecule is CCc1ccc(C2CC(=O)Nc3c2cnn3C2CCCC2)cc1. The topological polar surface area (TPSA) is 46.9 Å². The lowest BCUT2D eigenvalue weighted by Gasteiger charge is -2.25. The first-order valence-electron chi connectivity index (χ1n) is 8.72. The number of hydrogen-bond donors (Lipinski definition) is 1. The molecule has 1 saturated carbocycles. The molecule has 1 atom stereocenters. The van der Waals surface area contributed by atoms with Crippen LogP contribution in [0.1, 0.15) is 67.7 Å². The maximum Gasteiger partial charge on any atom is 0.226 e. The summed E-state index contributed by atoms with van der Waals surface area (Å²) in [6.07, 6.45) is 8.36. The van der Waals surface area contributed by atoms with Crippen LogP contribution in [0.15, 0.2) is 30.5 Å². The van der Waals surface area contributed by atoms with E-state index in [1.54, 1.807) is 0 Å². The molecule has 2 aliphatic rings. The number of carbonyl (C=O) groups excluding carboxylic acids is 1. The molecular weight excluding hydrogens is 286 g/mol. The second-order valence-corrected chi connectivity index (χ2v) is 6.73. The van der Waals surface area contributed by atoms with Crippen LogP contribution in [0.25, 0.3) is 0 Å². The molecule has 1 fully saturated rings. The highest BCUT2D eigenvalue weighted by Crippen LogP contribution is 2.40. The number of fused-ring (bicyclic) bond motifs is 1. The zero-order chi connectivity index (χ0) is 15.8. The number of aromatic nitrogens is 2. The van der Waals surface area contributed by atoms with Gasteiger partial charge in [-0.1, -0.05) is 44.0 Å². The average Bonchev–Trinajstić information content (AvgIpc) is 3.23. The number of rotatable bonds is 3. The van der Waals surface area contributed by atoms with Gasteiger partial charge >= 0.3 is 0 Å². The first-order valence-corrected chi connectivity index (χ1v) is 8.72. The van der Waals surface area contributed by atoms with Crippen LogP contribution in [0.5, 0.6) is 0 Å². The minimum Gasteiger partial charge on any atom is -0.311 e. The fourth-order valence-corrected chi connectivity index (χ4v) is 3.95. The molecule has 0 bridgehead atoms. The zero-order valence-electron chi connectivity index (χ0n) is 13.6. The Balaban J connectivity index is 1.71. The lowest BCUT2D eigenvalue weighted by molar-refractivity contribution is -0.116. The summed E-state index contributed by atoms with van der Waals surface area (Å²) in [5, 5.41) is 7.69. The normalized spacial score (nSPS) is 21.3. The Morgan fingerprint density at radius 1 is 1.22 bits per heavy atom. The molecule has 4 nitrogen and oxygen atoms in total. The van der Waals surface area contributed by atoms with Gasteiger partial charge < -0.3 is 5.32 Å². The minimum atomic E-state index is 0.0989. The van der Waals surface area contributed by atoms with Crippen LogP contribution in [0.4, 0.5) is 5.82 Å². The summed E-state index contributed by atoms with van der Waals surface area (Å²) in [7, 11) is 0.